The van der Waals surface area contributed by atoms with Gasteiger partial charge in [0.2, 0.25) is 0 Å². The van der Waals surface area contributed by atoms with E-state index in [1.54, 1.807) is 0 Å². The van der Waals surface area contributed by atoms with Crippen molar-refractivity contribution in [3.8, 4) is 0 Å². The molecule has 0 aromatic carbocycles. The lowest BCUT2D eigenvalue weighted by atomic mass is 10.0. The molecular formula is C54H104NO7+. The molecule has 8 nitrogen and oxygen atoms in total. The molecule has 1 N–H and O–H groups in total. The Morgan fingerprint density at radius 3 is 1.16 bits per heavy atom. The molecule has 0 aromatic rings. The zero-order chi connectivity index (χ0) is 45.6. The Bertz CT molecular complexity index is 1020. The predicted molar refractivity (Wildman–Crippen MR) is 262 cm³/mol. The van der Waals surface area contributed by atoms with Crippen molar-refractivity contribution in [2.45, 2.75) is 276 Å². The Morgan fingerprint density at radius 1 is 0.468 bits per heavy atom. The van der Waals surface area contributed by atoms with E-state index in [1.807, 2.05) is 21.1 Å². The van der Waals surface area contributed by atoms with Gasteiger partial charge in [-0.2, -0.15) is 0 Å². The molecule has 0 amide bonds. The molecule has 0 aromatic heterocycles. The van der Waals surface area contributed by atoms with Crippen molar-refractivity contribution in [1.82, 2.24) is 0 Å². The number of esters is 2. The Kier molecular flexibility index (Phi) is 44.2. The number of carbonyl (C=O) groups is 3. The number of carboxylic acids is 1. The van der Waals surface area contributed by atoms with Crippen molar-refractivity contribution in [2.75, 3.05) is 41.0 Å². The van der Waals surface area contributed by atoms with Crippen molar-refractivity contribution in [1.29, 1.82) is 0 Å². The minimum absolute atomic E-state index is 0.0466. The molecule has 0 aliphatic rings. The van der Waals surface area contributed by atoms with Gasteiger partial charge >= 0.3 is 17.9 Å². The summed E-state index contributed by atoms with van der Waals surface area (Å²) >= 11 is 0. The number of carbonyl (C=O) groups excluding carboxylic acids is 2. The Morgan fingerprint density at radius 2 is 0.806 bits per heavy atom. The number of aliphatic carboxylic acids is 1. The molecule has 0 heterocycles. The van der Waals surface area contributed by atoms with Crippen molar-refractivity contribution < 1.29 is 38.2 Å². The number of likely N-dealkylation sites (N-methyl/N-ethyl adjacent to an activating group) is 1. The summed E-state index contributed by atoms with van der Waals surface area (Å²) in [4.78, 5) is 37.2. The van der Waals surface area contributed by atoms with Gasteiger partial charge in [-0.05, 0) is 38.5 Å². The Hall–Kier alpha value is -1.93. The van der Waals surface area contributed by atoms with Crippen LogP contribution in [-0.4, -0.2) is 80.6 Å². The lowest BCUT2D eigenvalue weighted by molar-refractivity contribution is -0.887. The number of nitrogens with zero attached hydrogens (tertiary/aromatic N) is 1. The molecule has 2 atom stereocenters. The minimum atomic E-state index is -0.871. The predicted octanol–water partition coefficient (Wildman–Crippen LogP) is 15.4. The number of hydrogen-bond donors (Lipinski definition) is 1. The number of hydrogen-bond acceptors (Lipinski definition) is 6. The van der Waals surface area contributed by atoms with Crippen LogP contribution in [0.1, 0.15) is 264 Å². The van der Waals surface area contributed by atoms with E-state index >= 15 is 0 Å². The van der Waals surface area contributed by atoms with E-state index in [0.717, 1.165) is 38.5 Å². The Labute approximate surface area is 384 Å². The first-order valence-corrected chi connectivity index (χ1v) is 26.7. The summed E-state index contributed by atoms with van der Waals surface area (Å²) in [5.74, 6) is -1.45. The van der Waals surface area contributed by atoms with E-state index in [4.69, 9.17) is 14.2 Å². The third kappa shape index (κ3) is 43.3. The summed E-state index contributed by atoms with van der Waals surface area (Å²) in [5.41, 5.74) is 0. The molecule has 8 heteroatoms. The average Bonchev–Trinajstić information content (AvgIpc) is 3.23. The molecule has 62 heavy (non-hydrogen) atoms. The van der Waals surface area contributed by atoms with Gasteiger partial charge in [-0.15, -0.1) is 0 Å². The van der Waals surface area contributed by atoms with Gasteiger partial charge in [0, 0.05) is 19.3 Å². The third-order valence-corrected chi connectivity index (χ3v) is 12.4. The molecule has 0 rings (SSSR count). The summed E-state index contributed by atoms with van der Waals surface area (Å²) in [5, 5.41) is 9.66. The maximum atomic E-state index is 12.8. The number of rotatable bonds is 49. The van der Waals surface area contributed by atoms with E-state index in [1.165, 1.54) is 193 Å². The van der Waals surface area contributed by atoms with Crippen LogP contribution in [0, 0.1) is 0 Å². The quantitative estimate of drug-likeness (QED) is 0.0281. The number of ether oxygens (including phenoxy) is 3. The molecule has 2 unspecified atom stereocenters. The van der Waals surface area contributed by atoms with E-state index in [-0.39, 0.29) is 36.2 Å². The zero-order valence-corrected chi connectivity index (χ0v) is 41.9. The smallest absolute Gasteiger partial charge is 0.362 e. The topological polar surface area (TPSA) is 99.1 Å². The van der Waals surface area contributed by atoms with Crippen LogP contribution in [0.25, 0.3) is 0 Å². The zero-order valence-electron chi connectivity index (χ0n) is 41.9. The summed E-state index contributed by atoms with van der Waals surface area (Å²) in [7, 11) is 5.55. The van der Waals surface area contributed by atoms with Gasteiger partial charge in [0.15, 0.2) is 12.1 Å². The second-order valence-electron chi connectivity index (χ2n) is 19.5. The molecule has 0 radical (unpaired) electrons. The van der Waals surface area contributed by atoms with Crippen LogP contribution in [0.5, 0.6) is 0 Å². The number of quaternary nitrogens is 1. The highest BCUT2D eigenvalue weighted by molar-refractivity contribution is 5.72. The summed E-state index contributed by atoms with van der Waals surface area (Å²) < 4.78 is 17.4. The van der Waals surface area contributed by atoms with E-state index < -0.39 is 18.1 Å². The third-order valence-electron chi connectivity index (χ3n) is 12.4. The van der Waals surface area contributed by atoms with Gasteiger partial charge in [0.25, 0.3) is 0 Å². The molecule has 0 aliphatic heterocycles. The average molecular weight is 879 g/mol. The van der Waals surface area contributed by atoms with Crippen LogP contribution >= 0.6 is 0 Å². The SMILES string of the molecule is CCCCCCCCCC/C=C/CCCCCCCCCC(=O)OCC(COCCC(C(=O)O)[N+](C)(C)C)OC(=O)CCCCCCCCCCCCCCCCCCCCC. The van der Waals surface area contributed by atoms with Crippen LogP contribution in [0.15, 0.2) is 12.2 Å². The summed E-state index contributed by atoms with van der Waals surface area (Å²) in [6.07, 6.45) is 51.2. The van der Waals surface area contributed by atoms with Gasteiger partial charge in [0.05, 0.1) is 34.4 Å². The largest absolute Gasteiger partial charge is 0.477 e. The minimum Gasteiger partial charge on any atom is -0.477 e. The fourth-order valence-electron chi connectivity index (χ4n) is 8.27. The normalized spacial score (nSPS) is 12.9. The molecule has 0 aliphatic carbocycles. The molecule has 0 spiro atoms. The van der Waals surface area contributed by atoms with Gasteiger partial charge in [-0.3, -0.25) is 9.59 Å². The van der Waals surface area contributed by atoms with E-state index in [0.29, 0.717) is 19.3 Å². The second-order valence-corrected chi connectivity index (χ2v) is 19.5. The van der Waals surface area contributed by atoms with Gasteiger partial charge in [0.1, 0.15) is 6.61 Å². The number of unbranched alkanes of at least 4 members (excludes halogenated alkanes) is 33. The van der Waals surface area contributed by atoms with Crippen LogP contribution in [0.2, 0.25) is 0 Å². The van der Waals surface area contributed by atoms with Crippen molar-refractivity contribution in [3.63, 3.8) is 0 Å². The monoisotopic (exact) mass is 879 g/mol. The summed E-state index contributed by atoms with van der Waals surface area (Å²) in [6.45, 7) is 4.79. The first-order valence-electron chi connectivity index (χ1n) is 26.7. The van der Waals surface area contributed by atoms with E-state index in [9.17, 15) is 19.5 Å². The molecule has 0 saturated carbocycles. The number of allylic oxidation sites excluding steroid dienone is 2. The first-order chi connectivity index (χ1) is 30.1. The van der Waals surface area contributed by atoms with Gasteiger partial charge in [-0.1, -0.05) is 219 Å². The summed E-state index contributed by atoms with van der Waals surface area (Å²) in [6, 6.07) is -0.612. The highest BCUT2D eigenvalue weighted by Crippen LogP contribution is 2.17. The molecule has 0 bridgehead atoms. The van der Waals surface area contributed by atoms with E-state index in [2.05, 4.69) is 26.0 Å². The van der Waals surface area contributed by atoms with Crippen molar-refractivity contribution in [2.24, 2.45) is 0 Å². The maximum Gasteiger partial charge on any atom is 0.362 e. The molecule has 0 saturated heterocycles. The van der Waals surface area contributed by atoms with Crippen LogP contribution in [0.4, 0.5) is 0 Å². The van der Waals surface area contributed by atoms with Gasteiger partial charge < -0.3 is 23.8 Å². The van der Waals surface area contributed by atoms with Gasteiger partial charge in [-0.25, -0.2) is 4.79 Å². The van der Waals surface area contributed by atoms with Crippen LogP contribution in [-0.2, 0) is 28.6 Å². The van der Waals surface area contributed by atoms with Crippen molar-refractivity contribution in [3.05, 3.63) is 12.2 Å². The fraction of sp³-hybridized carbons (Fsp3) is 0.907. The highest BCUT2D eigenvalue weighted by atomic mass is 16.6. The maximum absolute atomic E-state index is 12.8. The first kappa shape index (κ1) is 60.1. The van der Waals surface area contributed by atoms with Crippen LogP contribution in [0.3, 0.4) is 0 Å². The molecule has 0 fully saturated rings. The standard InChI is InChI=1S/C54H103NO7/c1-6-8-10-12-14-16-18-20-22-24-26-28-30-32-34-36-38-40-42-44-52(56)61-49-50(48-60-47-46-51(54(58)59)55(3,4)5)62-53(57)45-43-41-39-37-35-33-31-29-27-25-23-21-19-17-15-13-11-9-7-2/h24,26,50-51H,6-23,25,27-49H2,1-5H3/p+1/b26-24+. The highest BCUT2D eigenvalue weighted by Gasteiger charge is 2.31. The molecular weight excluding hydrogens is 775 g/mol. The fourth-order valence-corrected chi connectivity index (χ4v) is 8.27. The van der Waals surface area contributed by atoms with Crippen molar-refractivity contribution >= 4 is 17.9 Å². The lowest BCUT2D eigenvalue weighted by Gasteiger charge is -2.31. The number of carboxylic acid groups (broad SMARTS) is 1. The molecule has 366 valence electrons. The lowest BCUT2D eigenvalue weighted by Crippen LogP contribution is -2.50. The Balaban J connectivity index is 4.19. The van der Waals surface area contributed by atoms with Crippen LogP contribution < -0.4 is 0 Å². The second kappa shape index (κ2) is 45.6.